The molecule has 16 heavy (non-hydrogen) atoms. The van der Waals surface area contributed by atoms with E-state index in [2.05, 4.69) is 0 Å². The second kappa shape index (κ2) is 4.07. The van der Waals surface area contributed by atoms with Crippen LogP contribution in [0.25, 0.3) is 0 Å². The summed E-state index contributed by atoms with van der Waals surface area (Å²) in [7, 11) is -4.64. The number of hydrogen-bond donors (Lipinski definition) is 4. The summed E-state index contributed by atoms with van der Waals surface area (Å²) < 4.78 is 8.88. The van der Waals surface area contributed by atoms with Gasteiger partial charge >= 0.3 is 7.82 Å². The normalized spacial score (nSPS) is 45.1. The largest absolute Gasteiger partial charge is 0.466 e. The Labute approximate surface area is 94.7 Å². The van der Waals surface area contributed by atoms with E-state index in [1.54, 1.807) is 0 Å². The lowest BCUT2D eigenvalue weighted by Gasteiger charge is -2.54. The van der Waals surface area contributed by atoms with Gasteiger partial charge in [-0.3, -0.25) is 0 Å². The van der Waals surface area contributed by atoms with Gasteiger partial charge in [-0.2, -0.15) is 0 Å². The Kier molecular flexibility index (Phi) is 3.19. The van der Waals surface area contributed by atoms with Gasteiger partial charge in [0.1, 0.15) is 0 Å². The molecule has 5 nitrogen and oxygen atoms in total. The Morgan fingerprint density at radius 3 is 1.31 bits per heavy atom. The molecule has 0 amide bonds. The van der Waals surface area contributed by atoms with Crippen LogP contribution in [0.1, 0.15) is 38.5 Å². The van der Waals surface area contributed by atoms with Crippen molar-refractivity contribution in [3.05, 3.63) is 0 Å². The van der Waals surface area contributed by atoms with Crippen molar-refractivity contribution in [2.45, 2.75) is 44.1 Å². The zero-order chi connectivity index (χ0) is 12.0. The van der Waals surface area contributed by atoms with Gasteiger partial charge in [0.05, 0.1) is 5.60 Å². The van der Waals surface area contributed by atoms with Crippen LogP contribution in [0.4, 0.5) is 0 Å². The first kappa shape index (κ1) is 12.5. The van der Waals surface area contributed by atoms with Crippen LogP contribution in [0, 0.1) is 17.8 Å². The van der Waals surface area contributed by atoms with Gasteiger partial charge < -0.3 is 19.8 Å². The number of phosphoric acid groups is 1. The Morgan fingerprint density at radius 2 is 1.12 bits per heavy atom. The fourth-order valence-electron chi connectivity index (χ4n) is 4.06. The number of aliphatic hydroxyl groups is 1. The minimum absolute atomic E-state index is 0.200. The van der Waals surface area contributed by atoms with E-state index in [9.17, 15) is 5.11 Å². The fraction of sp³-hybridized carbons (Fsp3) is 1.00. The summed E-state index contributed by atoms with van der Waals surface area (Å²) in [4.78, 5) is 21.6. The summed E-state index contributed by atoms with van der Waals surface area (Å²) in [6.45, 7) is 0. The minimum atomic E-state index is -4.64. The van der Waals surface area contributed by atoms with Crippen LogP contribution < -0.4 is 0 Å². The molecule has 4 fully saturated rings. The van der Waals surface area contributed by atoms with Gasteiger partial charge in [0, 0.05) is 0 Å². The molecule has 0 spiro atoms. The molecule has 4 aliphatic rings. The maximum absolute atomic E-state index is 10.1. The van der Waals surface area contributed by atoms with Crippen molar-refractivity contribution in [2.24, 2.45) is 17.8 Å². The Balaban J connectivity index is 0.000000168. The van der Waals surface area contributed by atoms with E-state index >= 15 is 0 Å². The lowest BCUT2D eigenvalue weighted by atomic mass is 9.54. The molecule has 0 unspecified atom stereocenters. The Hall–Kier alpha value is 0.0700. The van der Waals surface area contributed by atoms with E-state index in [1.165, 1.54) is 19.3 Å². The molecule has 4 bridgehead atoms. The van der Waals surface area contributed by atoms with Crippen molar-refractivity contribution in [1.29, 1.82) is 0 Å². The van der Waals surface area contributed by atoms with Crippen LogP contribution in [-0.4, -0.2) is 25.4 Å². The van der Waals surface area contributed by atoms with Crippen molar-refractivity contribution in [2.75, 3.05) is 0 Å². The molecule has 0 aromatic carbocycles. The van der Waals surface area contributed by atoms with Crippen molar-refractivity contribution in [1.82, 2.24) is 0 Å². The molecule has 4 aliphatic carbocycles. The molecule has 0 saturated heterocycles. The van der Waals surface area contributed by atoms with Crippen molar-refractivity contribution < 1.29 is 24.4 Å². The monoisotopic (exact) mass is 250 g/mol. The zero-order valence-electron chi connectivity index (χ0n) is 9.12. The smallest absolute Gasteiger partial charge is 0.390 e. The maximum atomic E-state index is 10.1. The zero-order valence-corrected chi connectivity index (χ0v) is 10.0. The molecular formula is C10H19O5P. The van der Waals surface area contributed by atoms with Crippen molar-refractivity contribution in [3.8, 4) is 0 Å². The minimum Gasteiger partial charge on any atom is -0.390 e. The predicted molar refractivity (Wildman–Crippen MR) is 57.4 cm³/mol. The molecule has 4 rings (SSSR count). The van der Waals surface area contributed by atoms with E-state index in [0.29, 0.717) is 0 Å². The molecule has 4 saturated carbocycles. The van der Waals surface area contributed by atoms with E-state index in [-0.39, 0.29) is 5.60 Å². The lowest BCUT2D eigenvalue weighted by Crippen LogP contribution is -2.50. The third-order valence-electron chi connectivity index (χ3n) is 4.01. The van der Waals surface area contributed by atoms with Crippen LogP contribution in [-0.2, 0) is 4.57 Å². The maximum Gasteiger partial charge on any atom is 0.466 e. The summed E-state index contributed by atoms with van der Waals surface area (Å²) in [6, 6.07) is 0. The SMILES string of the molecule is O=P(O)(O)O.OC12CC3CC(CC(C3)C1)C2. The van der Waals surface area contributed by atoms with Crippen LogP contribution in [0.15, 0.2) is 0 Å². The molecule has 4 N–H and O–H groups in total. The first-order valence-electron chi connectivity index (χ1n) is 5.74. The Morgan fingerprint density at radius 1 is 0.875 bits per heavy atom. The molecule has 0 aromatic rings. The van der Waals surface area contributed by atoms with Crippen molar-refractivity contribution in [3.63, 3.8) is 0 Å². The van der Waals surface area contributed by atoms with Gasteiger partial charge in [-0.25, -0.2) is 4.57 Å². The lowest BCUT2D eigenvalue weighted by molar-refractivity contribution is -0.124. The third kappa shape index (κ3) is 3.28. The first-order chi connectivity index (χ1) is 7.23. The van der Waals surface area contributed by atoms with Gasteiger partial charge in [-0.05, 0) is 56.3 Å². The van der Waals surface area contributed by atoms with Gasteiger partial charge in [-0.15, -0.1) is 0 Å². The average Bonchev–Trinajstić information content (AvgIpc) is 1.93. The molecule has 6 heteroatoms. The summed E-state index contributed by atoms with van der Waals surface area (Å²) in [5.41, 5.74) is -0.200. The second-order valence-corrected chi connectivity index (χ2v) is 6.68. The third-order valence-corrected chi connectivity index (χ3v) is 4.01. The highest BCUT2D eigenvalue weighted by Crippen LogP contribution is 2.55. The molecular weight excluding hydrogens is 231 g/mol. The molecule has 0 aliphatic heterocycles. The van der Waals surface area contributed by atoms with Crippen LogP contribution in [0.3, 0.4) is 0 Å². The van der Waals surface area contributed by atoms with Gasteiger partial charge in [-0.1, -0.05) is 0 Å². The average molecular weight is 250 g/mol. The highest BCUT2D eigenvalue weighted by atomic mass is 31.2. The topological polar surface area (TPSA) is 98.0 Å². The summed E-state index contributed by atoms with van der Waals surface area (Å²) in [5.74, 6) is 2.68. The van der Waals surface area contributed by atoms with Crippen LogP contribution >= 0.6 is 7.82 Å². The van der Waals surface area contributed by atoms with Gasteiger partial charge in [0.2, 0.25) is 0 Å². The van der Waals surface area contributed by atoms with Crippen LogP contribution in [0.2, 0.25) is 0 Å². The van der Waals surface area contributed by atoms with E-state index in [4.69, 9.17) is 19.2 Å². The quantitative estimate of drug-likeness (QED) is 0.481. The second-order valence-electron chi connectivity index (χ2n) is 5.66. The number of hydrogen-bond acceptors (Lipinski definition) is 2. The summed E-state index contributed by atoms with van der Waals surface area (Å²) in [5, 5.41) is 10.1. The Bertz CT molecular complexity index is 267. The highest BCUT2D eigenvalue weighted by molar-refractivity contribution is 7.45. The van der Waals surface area contributed by atoms with Gasteiger partial charge in [0.25, 0.3) is 0 Å². The van der Waals surface area contributed by atoms with E-state index in [1.807, 2.05) is 0 Å². The standard InChI is InChI=1S/C10H16O.H3O4P/c11-10-4-7-1-8(5-10)3-9(2-7)6-10;1-5(2,3)4/h7-9,11H,1-6H2;(H3,1,2,3,4). The van der Waals surface area contributed by atoms with Gasteiger partial charge in [0.15, 0.2) is 0 Å². The molecule has 0 heterocycles. The molecule has 0 atom stereocenters. The van der Waals surface area contributed by atoms with E-state index < -0.39 is 7.82 Å². The number of rotatable bonds is 0. The predicted octanol–water partition coefficient (Wildman–Crippen LogP) is 1.02. The highest BCUT2D eigenvalue weighted by Gasteiger charge is 2.49. The fourth-order valence-corrected chi connectivity index (χ4v) is 4.06. The molecule has 0 radical (unpaired) electrons. The molecule has 94 valence electrons. The van der Waals surface area contributed by atoms with Crippen molar-refractivity contribution >= 4 is 7.82 Å². The first-order valence-corrected chi connectivity index (χ1v) is 7.31. The summed E-state index contributed by atoms with van der Waals surface area (Å²) in [6.07, 6.45) is 7.66. The molecule has 0 aromatic heterocycles. The van der Waals surface area contributed by atoms with Crippen LogP contribution in [0.5, 0.6) is 0 Å². The summed E-state index contributed by atoms with van der Waals surface area (Å²) >= 11 is 0. The van der Waals surface area contributed by atoms with E-state index in [0.717, 1.165) is 37.0 Å².